The predicted octanol–water partition coefficient (Wildman–Crippen LogP) is 3.55. The van der Waals surface area contributed by atoms with Crippen LogP contribution >= 0.6 is 7.92 Å². The van der Waals surface area contributed by atoms with Crippen molar-refractivity contribution in [3.8, 4) is 0 Å². The Morgan fingerprint density at radius 3 is 1.79 bits per heavy atom. The van der Waals surface area contributed by atoms with Crippen molar-refractivity contribution >= 4 is 18.5 Å². The molecule has 2 aromatic carbocycles. The Morgan fingerprint density at radius 2 is 1.32 bits per heavy atom. The third kappa shape index (κ3) is 4.45. The average molecular weight is 272 g/mol. The van der Waals surface area contributed by atoms with E-state index in [0.717, 1.165) is 25.8 Å². The lowest BCUT2D eigenvalue weighted by atomic mass is 10.4. The third-order valence-electron chi connectivity index (χ3n) is 2.94. The molecule has 2 aromatic rings. The van der Waals surface area contributed by atoms with Crippen LogP contribution in [0, 0.1) is 0 Å². The largest absolute Gasteiger partial charge is 0.381 e. The van der Waals surface area contributed by atoms with Crippen LogP contribution in [0.15, 0.2) is 60.7 Å². The van der Waals surface area contributed by atoms with E-state index in [1.807, 2.05) is 0 Å². The number of ether oxygens (including phenoxy) is 1. The van der Waals surface area contributed by atoms with Gasteiger partial charge in [0.15, 0.2) is 0 Å². The van der Waals surface area contributed by atoms with Crippen molar-refractivity contribution in [2.75, 3.05) is 19.4 Å². The summed E-state index contributed by atoms with van der Waals surface area (Å²) in [6, 6.07) is 21.6. The van der Waals surface area contributed by atoms with Crippen LogP contribution in [0.25, 0.3) is 0 Å². The van der Waals surface area contributed by atoms with Gasteiger partial charge in [-0.05, 0) is 31.1 Å². The first-order valence-corrected chi connectivity index (χ1v) is 8.40. The summed E-state index contributed by atoms with van der Waals surface area (Å²) in [4.78, 5) is 0. The van der Waals surface area contributed by atoms with Gasteiger partial charge >= 0.3 is 0 Å². The first-order chi connectivity index (χ1) is 9.42. The zero-order valence-corrected chi connectivity index (χ0v) is 12.4. The molecule has 0 saturated heterocycles. The Morgan fingerprint density at radius 1 is 0.789 bits per heavy atom. The summed E-state index contributed by atoms with van der Waals surface area (Å²) in [6.45, 7) is 3.87. The first-order valence-electron chi connectivity index (χ1n) is 6.87. The molecule has 0 bridgehead atoms. The minimum atomic E-state index is -0.292. The molecular weight excluding hydrogens is 251 g/mol. The van der Waals surface area contributed by atoms with Crippen molar-refractivity contribution in [3.05, 3.63) is 60.7 Å². The minimum absolute atomic E-state index is 0.292. The number of hydrogen-bond acceptors (Lipinski definition) is 1. The van der Waals surface area contributed by atoms with Crippen molar-refractivity contribution in [2.24, 2.45) is 0 Å². The zero-order valence-electron chi connectivity index (χ0n) is 11.5. The van der Waals surface area contributed by atoms with E-state index in [4.69, 9.17) is 4.74 Å². The van der Waals surface area contributed by atoms with Crippen LogP contribution in [0.4, 0.5) is 0 Å². The number of rotatable bonds is 7. The van der Waals surface area contributed by atoms with Crippen molar-refractivity contribution < 1.29 is 4.74 Å². The molecule has 2 heteroatoms. The molecule has 0 spiro atoms. The van der Waals surface area contributed by atoms with Gasteiger partial charge in [-0.2, -0.15) is 0 Å². The molecule has 1 nitrogen and oxygen atoms in total. The van der Waals surface area contributed by atoms with Gasteiger partial charge in [0.25, 0.3) is 0 Å². The van der Waals surface area contributed by atoms with E-state index >= 15 is 0 Å². The number of benzene rings is 2. The van der Waals surface area contributed by atoms with Crippen LogP contribution in [0.2, 0.25) is 0 Å². The second kappa shape index (κ2) is 8.09. The molecule has 0 radical (unpaired) electrons. The van der Waals surface area contributed by atoms with E-state index in [9.17, 15) is 0 Å². The highest BCUT2D eigenvalue weighted by molar-refractivity contribution is 7.73. The van der Waals surface area contributed by atoms with Gasteiger partial charge < -0.3 is 4.74 Å². The second-order valence-electron chi connectivity index (χ2n) is 4.44. The first kappa shape index (κ1) is 14.2. The summed E-state index contributed by atoms with van der Waals surface area (Å²) in [5.74, 6) is 0. The van der Waals surface area contributed by atoms with E-state index in [2.05, 4.69) is 67.6 Å². The summed E-state index contributed by atoms with van der Waals surface area (Å²) >= 11 is 0. The smallest absolute Gasteiger partial charge is 0.0511 e. The molecular formula is C17H21OP. The Kier molecular flexibility index (Phi) is 6.07. The Balaban J connectivity index is 2.10. The minimum Gasteiger partial charge on any atom is -0.381 e. The van der Waals surface area contributed by atoms with Crippen molar-refractivity contribution in [1.29, 1.82) is 0 Å². The van der Waals surface area contributed by atoms with E-state index in [-0.39, 0.29) is 7.92 Å². The summed E-state index contributed by atoms with van der Waals surface area (Å²) in [5.41, 5.74) is 0. The van der Waals surface area contributed by atoms with Gasteiger partial charge in [0.2, 0.25) is 0 Å². The molecule has 0 heterocycles. The van der Waals surface area contributed by atoms with Gasteiger partial charge in [-0.1, -0.05) is 67.6 Å². The van der Waals surface area contributed by atoms with Gasteiger partial charge in [-0.3, -0.25) is 0 Å². The maximum atomic E-state index is 5.67. The Hall–Kier alpha value is -1.17. The van der Waals surface area contributed by atoms with Crippen LogP contribution in [0.1, 0.15) is 13.3 Å². The van der Waals surface area contributed by atoms with Crippen LogP contribution in [0.5, 0.6) is 0 Å². The monoisotopic (exact) mass is 272 g/mol. The highest BCUT2D eigenvalue weighted by Crippen LogP contribution is 2.32. The lowest BCUT2D eigenvalue weighted by molar-refractivity contribution is 0.150. The van der Waals surface area contributed by atoms with Gasteiger partial charge in [0, 0.05) is 6.61 Å². The predicted molar refractivity (Wildman–Crippen MR) is 85.0 cm³/mol. The maximum Gasteiger partial charge on any atom is 0.0511 e. The molecule has 100 valence electrons. The standard InChI is InChI=1S/C17H21OP/c1-2-13-18-14-15-19(16-9-5-3-6-10-16)17-11-7-4-8-12-17/h3-12H,2,13-15H2,1H3. The molecule has 0 aliphatic heterocycles. The van der Waals surface area contributed by atoms with Crippen LogP contribution in [0.3, 0.4) is 0 Å². The van der Waals surface area contributed by atoms with Gasteiger partial charge in [0.05, 0.1) is 6.61 Å². The molecule has 0 unspecified atom stereocenters. The van der Waals surface area contributed by atoms with E-state index in [1.165, 1.54) is 10.6 Å². The molecule has 0 aliphatic rings. The SMILES string of the molecule is CCCOCCP(c1ccccc1)c1ccccc1. The van der Waals surface area contributed by atoms with E-state index in [1.54, 1.807) is 0 Å². The van der Waals surface area contributed by atoms with E-state index in [0.29, 0.717) is 0 Å². The second-order valence-corrected chi connectivity index (χ2v) is 6.77. The van der Waals surface area contributed by atoms with Crippen molar-refractivity contribution in [3.63, 3.8) is 0 Å². The van der Waals surface area contributed by atoms with Crippen LogP contribution in [-0.4, -0.2) is 19.4 Å². The normalized spacial score (nSPS) is 10.8. The summed E-state index contributed by atoms with van der Waals surface area (Å²) in [6.07, 6.45) is 2.19. The van der Waals surface area contributed by atoms with E-state index < -0.39 is 0 Å². The number of hydrogen-bond donors (Lipinski definition) is 0. The Bertz CT molecular complexity index is 416. The molecule has 19 heavy (non-hydrogen) atoms. The quantitative estimate of drug-likeness (QED) is 0.553. The van der Waals surface area contributed by atoms with Crippen LogP contribution in [-0.2, 0) is 4.74 Å². The van der Waals surface area contributed by atoms with Crippen molar-refractivity contribution in [1.82, 2.24) is 0 Å². The molecule has 0 N–H and O–H groups in total. The molecule has 0 aliphatic carbocycles. The molecule has 0 aromatic heterocycles. The topological polar surface area (TPSA) is 9.23 Å². The fourth-order valence-corrected chi connectivity index (χ4v) is 4.22. The highest BCUT2D eigenvalue weighted by atomic mass is 31.1. The Labute approximate surface area is 117 Å². The summed E-state index contributed by atoms with van der Waals surface area (Å²) in [7, 11) is -0.292. The lowest BCUT2D eigenvalue weighted by Crippen LogP contribution is -2.16. The zero-order chi connectivity index (χ0) is 13.3. The molecule has 0 saturated carbocycles. The lowest BCUT2D eigenvalue weighted by Gasteiger charge is -2.18. The highest BCUT2D eigenvalue weighted by Gasteiger charge is 2.12. The van der Waals surface area contributed by atoms with Gasteiger partial charge in [-0.15, -0.1) is 0 Å². The molecule has 0 atom stereocenters. The molecule has 0 fully saturated rings. The van der Waals surface area contributed by atoms with Crippen LogP contribution < -0.4 is 10.6 Å². The average Bonchev–Trinajstić information content (AvgIpc) is 2.49. The summed E-state index contributed by atoms with van der Waals surface area (Å²) < 4.78 is 5.67. The van der Waals surface area contributed by atoms with Crippen molar-refractivity contribution in [2.45, 2.75) is 13.3 Å². The molecule has 0 amide bonds. The van der Waals surface area contributed by atoms with Gasteiger partial charge in [0.1, 0.15) is 0 Å². The van der Waals surface area contributed by atoms with Gasteiger partial charge in [-0.25, -0.2) is 0 Å². The fourth-order valence-electron chi connectivity index (χ4n) is 2.03. The molecule has 2 rings (SSSR count). The fraction of sp³-hybridized carbons (Fsp3) is 0.294. The third-order valence-corrected chi connectivity index (χ3v) is 5.42. The summed E-state index contributed by atoms with van der Waals surface area (Å²) in [5, 5.41) is 2.87. The maximum absolute atomic E-state index is 5.67.